The Hall–Kier alpha value is -0.740. The van der Waals surface area contributed by atoms with E-state index in [4.69, 9.17) is 0 Å². The van der Waals surface area contributed by atoms with Gasteiger partial charge in [0.25, 0.3) is 0 Å². The normalized spacial score (nSPS) is 13.7. The van der Waals surface area contributed by atoms with E-state index in [1.54, 1.807) is 0 Å². The molecule has 18 heavy (non-hydrogen) atoms. The smallest absolute Gasteiger partial charge is 0.00452 e. The summed E-state index contributed by atoms with van der Waals surface area (Å²) in [5.41, 5.74) is 3.72. The molecule has 0 saturated carbocycles. The van der Waals surface area contributed by atoms with Crippen molar-refractivity contribution in [3.63, 3.8) is 0 Å². The second kappa shape index (κ2) is 6.43. The number of hydrogen-bond donors (Lipinski definition) is 0. The Kier molecular flexibility index (Phi) is 6.17. The molecule has 0 amide bonds. The first-order chi connectivity index (χ1) is 8.08. The topological polar surface area (TPSA) is 0 Å². The van der Waals surface area contributed by atoms with E-state index in [1.807, 2.05) is 0 Å². The van der Waals surface area contributed by atoms with Gasteiger partial charge < -0.3 is 0 Å². The fourth-order valence-corrected chi connectivity index (χ4v) is 1.64. The van der Waals surface area contributed by atoms with E-state index in [2.05, 4.69) is 79.0 Å². The maximum Gasteiger partial charge on any atom is -0.00452 e. The molecule has 0 heteroatoms. The van der Waals surface area contributed by atoms with Crippen LogP contribution in [0.3, 0.4) is 0 Å². The molecule has 0 fully saturated rings. The van der Waals surface area contributed by atoms with Gasteiger partial charge in [-0.1, -0.05) is 73.6 Å². The lowest BCUT2D eigenvalue weighted by Crippen LogP contribution is -2.30. The van der Waals surface area contributed by atoms with Crippen molar-refractivity contribution in [2.24, 2.45) is 16.2 Å². The highest BCUT2D eigenvalue weighted by Gasteiger charge is 2.33. The zero-order chi connectivity index (χ0) is 14.4. The Bertz CT molecular complexity index is 320. The SMILES string of the molecule is C=C=CC(C)(C)C(C)(C)C/C=C/CC(C)(C)CC. The third kappa shape index (κ3) is 5.27. The highest BCUT2D eigenvalue weighted by Crippen LogP contribution is 2.42. The summed E-state index contributed by atoms with van der Waals surface area (Å²) < 4.78 is 0. The van der Waals surface area contributed by atoms with Gasteiger partial charge in [-0.3, -0.25) is 0 Å². The molecule has 0 rings (SSSR count). The Balaban J connectivity index is 4.53. The monoisotopic (exact) mass is 248 g/mol. The molecule has 0 aromatic rings. The van der Waals surface area contributed by atoms with Crippen LogP contribution in [0.15, 0.2) is 30.5 Å². The zero-order valence-corrected chi connectivity index (χ0v) is 13.6. The third-order valence-electron chi connectivity index (χ3n) is 4.63. The maximum absolute atomic E-state index is 3.70. The van der Waals surface area contributed by atoms with E-state index >= 15 is 0 Å². The van der Waals surface area contributed by atoms with Crippen LogP contribution in [0.2, 0.25) is 0 Å². The minimum atomic E-state index is 0.124. The van der Waals surface area contributed by atoms with Gasteiger partial charge in [0.1, 0.15) is 0 Å². The Morgan fingerprint density at radius 3 is 1.89 bits per heavy atom. The van der Waals surface area contributed by atoms with E-state index in [0.29, 0.717) is 5.41 Å². The molecule has 0 spiro atoms. The zero-order valence-electron chi connectivity index (χ0n) is 13.6. The third-order valence-corrected chi connectivity index (χ3v) is 4.63. The molecule has 0 saturated heterocycles. The summed E-state index contributed by atoms with van der Waals surface area (Å²) in [5.74, 6) is 0. The molecule has 0 aromatic carbocycles. The second-order valence-corrected chi connectivity index (χ2v) is 7.35. The van der Waals surface area contributed by atoms with E-state index in [-0.39, 0.29) is 10.8 Å². The van der Waals surface area contributed by atoms with Crippen LogP contribution in [0.1, 0.15) is 67.7 Å². The minimum Gasteiger partial charge on any atom is -0.132 e. The molecule has 0 unspecified atom stereocenters. The first-order valence-corrected chi connectivity index (χ1v) is 7.10. The van der Waals surface area contributed by atoms with Crippen molar-refractivity contribution < 1.29 is 0 Å². The lowest BCUT2D eigenvalue weighted by atomic mass is 9.66. The first kappa shape index (κ1) is 17.3. The molecular formula is C18H32. The number of allylic oxidation sites excluding steroid dienone is 3. The maximum atomic E-state index is 3.70. The molecule has 0 radical (unpaired) electrons. The molecule has 0 heterocycles. The van der Waals surface area contributed by atoms with Crippen LogP contribution in [0.4, 0.5) is 0 Å². The lowest BCUT2D eigenvalue weighted by molar-refractivity contribution is 0.169. The highest BCUT2D eigenvalue weighted by atomic mass is 14.4. The van der Waals surface area contributed by atoms with Crippen molar-refractivity contribution >= 4 is 0 Å². The standard InChI is InChI=1S/C18H32/c1-9-13-17(5,6)18(7,8)15-12-11-14-16(3,4)10-2/h11-13H,1,10,14-15H2,2-8H3/b12-11+. The summed E-state index contributed by atoms with van der Waals surface area (Å²) in [6.45, 7) is 19.8. The summed E-state index contributed by atoms with van der Waals surface area (Å²) in [6.07, 6.45) is 10.3. The molecule has 104 valence electrons. The molecule has 0 aliphatic carbocycles. The predicted octanol–water partition coefficient (Wildman–Crippen LogP) is 6.15. The summed E-state index contributed by atoms with van der Waals surface area (Å²) in [4.78, 5) is 0. The van der Waals surface area contributed by atoms with Gasteiger partial charge in [-0.05, 0) is 35.2 Å². The largest absolute Gasteiger partial charge is 0.132 e. The summed E-state index contributed by atoms with van der Waals surface area (Å²) in [7, 11) is 0. The summed E-state index contributed by atoms with van der Waals surface area (Å²) in [6, 6.07) is 0. The van der Waals surface area contributed by atoms with Crippen LogP contribution in [0.5, 0.6) is 0 Å². The molecule has 0 aromatic heterocycles. The van der Waals surface area contributed by atoms with E-state index in [9.17, 15) is 0 Å². The fraction of sp³-hybridized carbons (Fsp3) is 0.722. The highest BCUT2D eigenvalue weighted by molar-refractivity contribution is 5.03. The first-order valence-electron chi connectivity index (χ1n) is 7.10. The molecule has 0 bridgehead atoms. The molecule has 0 N–H and O–H groups in total. The average Bonchev–Trinajstić information content (AvgIpc) is 2.24. The Labute approximate surface area is 115 Å². The number of hydrogen-bond acceptors (Lipinski definition) is 0. The van der Waals surface area contributed by atoms with Gasteiger partial charge in [0.2, 0.25) is 0 Å². The van der Waals surface area contributed by atoms with Crippen LogP contribution < -0.4 is 0 Å². The summed E-state index contributed by atoms with van der Waals surface area (Å²) in [5, 5.41) is 0. The molecule has 0 atom stereocenters. The van der Waals surface area contributed by atoms with E-state index in [0.717, 1.165) is 12.8 Å². The second-order valence-electron chi connectivity index (χ2n) is 7.35. The molecule has 0 aliphatic heterocycles. The number of rotatable bonds is 7. The Morgan fingerprint density at radius 2 is 1.44 bits per heavy atom. The molecule has 0 nitrogen and oxygen atoms in total. The van der Waals surface area contributed by atoms with Crippen molar-refractivity contribution in [2.45, 2.75) is 67.7 Å². The van der Waals surface area contributed by atoms with Crippen molar-refractivity contribution in [2.75, 3.05) is 0 Å². The van der Waals surface area contributed by atoms with Crippen molar-refractivity contribution in [1.82, 2.24) is 0 Å². The van der Waals surface area contributed by atoms with Crippen LogP contribution in [0, 0.1) is 16.2 Å². The average molecular weight is 248 g/mol. The lowest BCUT2D eigenvalue weighted by Gasteiger charge is -2.38. The predicted molar refractivity (Wildman–Crippen MR) is 83.7 cm³/mol. The Morgan fingerprint density at radius 1 is 0.944 bits per heavy atom. The fourth-order valence-electron chi connectivity index (χ4n) is 1.64. The summed E-state index contributed by atoms with van der Waals surface area (Å²) >= 11 is 0. The molecule has 0 aliphatic rings. The molecular weight excluding hydrogens is 216 g/mol. The van der Waals surface area contributed by atoms with E-state index < -0.39 is 0 Å². The quantitative estimate of drug-likeness (QED) is 0.374. The van der Waals surface area contributed by atoms with Crippen molar-refractivity contribution in [1.29, 1.82) is 0 Å². The van der Waals surface area contributed by atoms with Crippen LogP contribution in [-0.4, -0.2) is 0 Å². The van der Waals surface area contributed by atoms with Crippen LogP contribution in [-0.2, 0) is 0 Å². The van der Waals surface area contributed by atoms with E-state index in [1.165, 1.54) is 6.42 Å². The van der Waals surface area contributed by atoms with Gasteiger partial charge in [-0.2, -0.15) is 0 Å². The van der Waals surface area contributed by atoms with Gasteiger partial charge in [-0.15, -0.1) is 5.73 Å². The van der Waals surface area contributed by atoms with Crippen molar-refractivity contribution in [3.8, 4) is 0 Å². The van der Waals surface area contributed by atoms with Crippen molar-refractivity contribution in [3.05, 3.63) is 30.5 Å². The van der Waals surface area contributed by atoms with Gasteiger partial charge >= 0.3 is 0 Å². The van der Waals surface area contributed by atoms with Gasteiger partial charge in [0, 0.05) is 0 Å². The van der Waals surface area contributed by atoms with Gasteiger partial charge in [-0.25, -0.2) is 0 Å². The van der Waals surface area contributed by atoms with Crippen LogP contribution in [0.25, 0.3) is 0 Å². The van der Waals surface area contributed by atoms with Gasteiger partial charge in [0.15, 0.2) is 0 Å². The van der Waals surface area contributed by atoms with Gasteiger partial charge in [0.05, 0.1) is 0 Å². The minimum absolute atomic E-state index is 0.124. The van der Waals surface area contributed by atoms with Crippen LogP contribution >= 0.6 is 0 Å².